The van der Waals surface area contributed by atoms with Gasteiger partial charge in [-0.2, -0.15) is 0 Å². The van der Waals surface area contributed by atoms with Crippen LogP contribution in [0.5, 0.6) is 0 Å². The number of aromatic nitrogens is 1. The largest absolute Gasteiger partial charge is 0.326 e. The number of nitrogens with zero attached hydrogens (tertiary/aromatic N) is 1. The van der Waals surface area contributed by atoms with Crippen LogP contribution in [0.2, 0.25) is 0 Å². The molecular formula is C14H15ClN2OS. The fraction of sp³-hybridized carbons (Fsp3) is 0.286. The fourth-order valence-corrected chi connectivity index (χ4v) is 2.19. The summed E-state index contributed by atoms with van der Waals surface area (Å²) in [5, 5.41) is 5.77. The Labute approximate surface area is 121 Å². The number of alkyl halides is 1. The highest BCUT2D eigenvalue weighted by Crippen LogP contribution is 2.24. The predicted octanol–water partition coefficient (Wildman–Crippen LogP) is 4.01. The number of nitrogens with one attached hydrogen (secondary N) is 1. The Hall–Kier alpha value is -1.39. The number of hydrogen-bond acceptors (Lipinski definition) is 3. The van der Waals surface area contributed by atoms with E-state index >= 15 is 0 Å². The van der Waals surface area contributed by atoms with E-state index in [0.29, 0.717) is 0 Å². The molecule has 2 rings (SSSR count). The van der Waals surface area contributed by atoms with Crippen molar-refractivity contribution in [1.29, 1.82) is 0 Å². The molecule has 0 aliphatic carbocycles. The van der Waals surface area contributed by atoms with Gasteiger partial charge in [0.15, 0.2) is 0 Å². The summed E-state index contributed by atoms with van der Waals surface area (Å²) in [6, 6.07) is 7.64. The Kier molecular flexibility index (Phi) is 4.22. The lowest BCUT2D eigenvalue weighted by Crippen LogP contribution is -2.32. The van der Waals surface area contributed by atoms with E-state index in [1.165, 1.54) is 0 Å². The van der Waals surface area contributed by atoms with Crippen LogP contribution >= 0.6 is 22.9 Å². The van der Waals surface area contributed by atoms with E-state index in [1.807, 2.05) is 43.5 Å². The van der Waals surface area contributed by atoms with Crippen molar-refractivity contribution in [2.45, 2.75) is 13.8 Å². The Morgan fingerprint density at radius 3 is 2.58 bits per heavy atom. The van der Waals surface area contributed by atoms with Crippen molar-refractivity contribution in [2.24, 2.45) is 5.41 Å². The second-order valence-electron chi connectivity index (χ2n) is 4.89. The van der Waals surface area contributed by atoms with Crippen LogP contribution in [0.3, 0.4) is 0 Å². The van der Waals surface area contributed by atoms with Gasteiger partial charge in [0.25, 0.3) is 0 Å². The lowest BCUT2D eigenvalue weighted by Gasteiger charge is -2.20. The number of thiazole rings is 1. The zero-order valence-corrected chi connectivity index (χ0v) is 12.4. The normalized spacial score (nSPS) is 11.3. The molecule has 0 aliphatic heterocycles. The fourth-order valence-electron chi connectivity index (χ4n) is 1.42. The summed E-state index contributed by atoms with van der Waals surface area (Å²) in [4.78, 5) is 16.2. The van der Waals surface area contributed by atoms with Gasteiger partial charge in [-0.15, -0.1) is 22.9 Å². The summed E-state index contributed by atoms with van der Waals surface area (Å²) >= 11 is 7.37. The Morgan fingerprint density at radius 1 is 1.37 bits per heavy atom. The Bertz CT molecular complexity index is 549. The number of carbonyl (C=O) groups excluding carboxylic acids is 1. The highest BCUT2D eigenvalue weighted by Gasteiger charge is 2.26. The molecule has 0 unspecified atom stereocenters. The summed E-state index contributed by atoms with van der Waals surface area (Å²) < 4.78 is 0. The molecular weight excluding hydrogens is 280 g/mol. The third kappa shape index (κ3) is 3.33. The van der Waals surface area contributed by atoms with E-state index in [2.05, 4.69) is 10.3 Å². The van der Waals surface area contributed by atoms with E-state index in [1.54, 1.807) is 17.5 Å². The van der Waals surface area contributed by atoms with Crippen LogP contribution in [0, 0.1) is 5.41 Å². The number of benzene rings is 1. The zero-order chi connectivity index (χ0) is 13.9. The van der Waals surface area contributed by atoms with Crippen LogP contribution in [0.1, 0.15) is 13.8 Å². The maximum Gasteiger partial charge on any atom is 0.231 e. The van der Waals surface area contributed by atoms with E-state index in [4.69, 9.17) is 11.6 Å². The number of carbonyl (C=O) groups is 1. The van der Waals surface area contributed by atoms with Crippen molar-refractivity contribution in [3.8, 4) is 10.6 Å². The molecule has 1 heterocycles. The van der Waals surface area contributed by atoms with Crippen molar-refractivity contribution in [2.75, 3.05) is 11.2 Å². The lowest BCUT2D eigenvalue weighted by molar-refractivity contribution is -0.122. The van der Waals surface area contributed by atoms with Gasteiger partial charge < -0.3 is 5.32 Å². The standard InChI is InChI=1S/C14H15ClN2OS/c1-14(2,9-15)13(18)17-11-5-3-10(4-6-11)12-16-7-8-19-12/h3-8H,9H2,1-2H3,(H,17,18). The minimum absolute atomic E-state index is 0.0792. The van der Waals surface area contributed by atoms with Crippen LogP contribution in [-0.4, -0.2) is 16.8 Å². The molecule has 1 amide bonds. The van der Waals surface area contributed by atoms with Crippen LogP contribution in [-0.2, 0) is 4.79 Å². The van der Waals surface area contributed by atoms with Crippen LogP contribution in [0.25, 0.3) is 10.6 Å². The highest BCUT2D eigenvalue weighted by molar-refractivity contribution is 7.13. The molecule has 1 aromatic carbocycles. The third-order valence-corrected chi connectivity index (χ3v) is 4.26. The number of rotatable bonds is 4. The highest BCUT2D eigenvalue weighted by atomic mass is 35.5. The number of halogens is 1. The topological polar surface area (TPSA) is 42.0 Å². The quantitative estimate of drug-likeness (QED) is 0.866. The first-order valence-corrected chi connectivity index (χ1v) is 7.32. The first-order chi connectivity index (χ1) is 9.03. The van der Waals surface area contributed by atoms with Gasteiger partial charge in [0.05, 0.1) is 5.41 Å². The van der Waals surface area contributed by atoms with Gasteiger partial charge in [0.1, 0.15) is 5.01 Å². The molecule has 2 aromatic rings. The second kappa shape index (κ2) is 5.72. The van der Waals surface area contributed by atoms with Gasteiger partial charge in [0, 0.05) is 28.7 Å². The molecule has 1 N–H and O–H groups in total. The summed E-state index contributed by atoms with van der Waals surface area (Å²) in [5.41, 5.74) is 1.24. The van der Waals surface area contributed by atoms with Gasteiger partial charge in [-0.25, -0.2) is 4.98 Å². The second-order valence-corrected chi connectivity index (χ2v) is 6.05. The first kappa shape index (κ1) is 14.0. The maximum atomic E-state index is 12.0. The van der Waals surface area contributed by atoms with Gasteiger partial charge in [-0.05, 0) is 38.1 Å². The predicted molar refractivity (Wildman–Crippen MR) is 80.7 cm³/mol. The third-order valence-electron chi connectivity index (χ3n) is 2.77. The van der Waals surface area contributed by atoms with Gasteiger partial charge in [-0.1, -0.05) is 0 Å². The molecule has 100 valence electrons. The van der Waals surface area contributed by atoms with Crippen LogP contribution < -0.4 is 5.32 Å². The van der Waals surface area contributed by atoms with E-state index in [9.17, 15) is 4.79 Å². The Balaban J connectivity index is 2.10. The molecule has 0 saturated heterocycles. The molecule has 0 fully saturated rings. The summed E-state index contributed by atoms with van der Waals surface area (Å²) in [5.74, 6) is 0.209. The maximum absolute atomic E-state index is 12.0. The minimum Gasteiger partial charge on any atom is -0.326 e. The average Bonchev–Trinajstić information content (AvgIpc) is 2.93. The van der Waals surface area contributed by atoms with Gasteiger partial charge >= 0.3 is 0 Å². The number of amides is 1. The van der Waals surface area contributed by atoms with Crippen molar-refractivity contribution in [3.05, 3.63) is 35.8 Å². The van der Waals surface area contributed by atoms with E-state index in [-0.39, 0.29) is 11.8 Å². The van der Waals surface area contributed by atoms with Crippen LogP contribution in [0.4, 0.5) is 5.69 Å². The van der Waals surface area contributed by atoms with Crippen molar-refractivity contribution in [3.63, 3.8) is 0 Å². The molecule has 0 bridgehead atoms. The monoisotopic (exact) mass is 294 g/mol. The summed E-state index contributed by atoms with van der Waals surface area (Å²) in [7, 11) is 0. The molecule has 0 atom stereocenters. The number of anilines is 1. The lowest BCUT2D eigenvalue weighted by atomic mass is 9.95. The van der Waals surface area contributed by atoms with Crippen molar-refractivity contribution in [1.82, 2.24) is 4.98 Å². The summed E-state index contributed by atoms with van der Waals surface area (Å²) in [6.45, 7) is 3.64. The van der Waals surface area contributed by atoms with E-state index in [0.717, 1.165) is 16.3 Å². The molecule has 0 radical (unpaired) electrons. The van der Waals surface area contributed by atoms with E-state index < -0.39 is 5.41 Å². The van der Waals surface area contributed by atoms with Crippen molar-refractivity contribution >= 4 is 34.5 Å². The molecule has 0 aliphatic rings. The summed E-state index contributed by atoms with van der Waals surface area (Å²) in [6.07, 6.45) is 1.78. The average molecular weight is 295 g/mol. The van der Waals surface area contributed by atoms with Gasteiger partial charge in [-0.3, -0.25) is 4.79 Å². The molecule has 1 aromatic heterocycles. The minimum atomic E-state index is -0.574. The molecule has 0 spiro atoms. The smallest absolute Gasteiger partial charge is 0.231 e. The zero-order valence-electron chi connectivity index (χ0n) is 10.8. The SMILES string of the molecule is CC(C)(CCl)C(=O)Nc1ccc(-c2nccs2)cc1. The molecule has 5 heteroatoms. The first-order valence-electron chi connectivity index (χ1n) is 5.90. The molecule has 3 nitrogen and oxygen atoms in total. The molecule has 0 saturated carbocycles. The van der Waals surface area contributed by atoms with Crippen LogP contribution in [0.15, 0.2) is 35.8 Å². The number of hydrogen-bond donors (Lipinski definition) is 1. The Morgan fingerprint density at radius 2 is 2.05 bits per heavy atom. The molecule has 19 heavy (non-hydrogen) atoms. The van der Waals surface area contributed by atoms with Gasteiger partial charge in [0.2, 0.25) is 5.91 Å². The van der Waals surface area contributed by atoms with Crippen molar-refractivity contribution < 1.29 is 4.79 Å².